The largest absolute Gasteiger partial charge is 0.397 e. The summed E-state index contributed by atoms with van der Waals surface area (Å²) < 4.78 is 5.41. The fourth-order valence-corrected chi connectivity index (χ4v) is 1.46. The quantitative estimate of drug-likeness (QED) is 0.722. The average Bonchev–Trinajstić information content (AvgIpc) is 2.33. The highest BCUT2D eigenvalue weighted by atomic mass is 16.5. The standard InChI is InChI=1S/C13H21N3O2/c1-10(2)18-8-4-3-6-16-13(17)11-5-7-15-9-12(11)14/h5,7,9-10H,3-4,6,8,14H2,1-2H3,(H,16,17). The summed E-state index contributed by atoms with van der Waals surface area (Å²) in [6.45, 7) is 5.37. The molecular weight excluding hydrogens is 230 g/mol. The van der Waals surface area contributed by atoms with Crippen LogP contribution in [0.25, 0.3) is 0 Å². The molecule has 0 aliphatic rings. The molecule has 100 valence electrons. The van der Waals surface area contributed by atoms with E-state index in [1.165, 1.54) is 6.20 Å². The van der Waals surface area contributed by atoms with E-state index in [0.29, 0.717) is 17.8 Å². The number of rotatable bonds is 7. The van der Waals surface area contributed by atoms with Crippen LogP contribution in [-0.4, -0.2) is 30.1 Å². The van der Waals surface area contributed by atoms with Crippen LogP contribution in [-0.2, 0) is 4.74 Å². The second-order valence-electron chi connectivity index (χ2n) is 4.35. The summed E-state index contributed by atoms with van der Waals surface area (Å²) in [5, 5.41) is 2.83. The van der Waals surface area contributed by atoms with Crippen molar-refractivity contribution in [2.75, 3.05) is 18.9 Å². The predicted octanol–water partition coefficient (Wildman–Crippen LogP) is 1.60. The number of nitrogens with two attached hydrogens (primary N) is 1. The Hall–Kier alpha value is -1.62. The van der Waals surface area contributed by atoms with Crippen molar-refractivity contribution in [3.8, 4) is 0 Å². The highest BCUT2D eigenvalue weighted by Gasteiger charge is 2.07. The Kier molecular flexibility index (Phi) is 6.14. The Morgan fingerprint density at radius 3 is 2.94 bits per heavy atom. The zero-order valence-corrected chi connectivity index (χ0v) is 11.0. The van der Waals surface area contributed by atoms with Crippen molar-refractivity contribution in [1.29, 1.82) is 0 Å². The van der Waals surface area contributed by atoms with Crippen LogP contribution < -0.4 is 11.1 Å². The molecule has 0 unspecified atom stereocenters. The molecule has 1 aromatic rings. The lowest BCUT2D eigenvalue weighted by Gasteiger charge is -2.08. The molecule has 5 nitrogen and oxygen atoms in total. The third kappa shape index (κ3) is 5.14. The fraction of sp³-hybridized carbons (Fsp3) is 0.538. The topological polar surface area (TPSA) is 77.2 Å². The summed E-state index contributed by atoms with van der Waals surface area (Å²) in [5.41, 5.74) is 6.54. The lowest BCUT2D eigenvalue weighted by Crippen LogP contribution is -2.25. The van der Waals surface area contributed by atoms with E-state index in [2.05, 4.69) is 10.3 Å². The van der Waals surface area contributed by atoms with Crippen LogP contribution >= 0.6 is 0 Å². The number of ether oxygens (including phenoxy) is 1. The van der Waals surface area contributed by atoms with Gasteiger partial charge in [0.25, 0.3) is 5.91 Å². The van der Waals surface area contributed by atoms with Crippen LogP contribution in [0.3, 0.4) is 0 Å². The number of aromatic nitrogens is 1. The van der Waals surface area contributed by atoms with Gasteiger partial charge in [-0.1, -0.05) is 0 Å². The lowest BCUT2D eigenvalue weighted by atomic mass is 10.2. The third-order valence-electron chi connectivity index (χ3n) is 2.40. The van der Waals surface area contributed by atoms with Gasteiger partial charge in [-0.2, -0.15) is 0 Å². The third-order valence-corrected chi connectivity index (χ3v) is 2.40. The predicted molar refractivity (Wildman–Crippen MR) is 71.3 cm³/mol. The van der Waals surface area contributed by atoms with Gasteiger partial charge in [0.05, 0.1) is 23.6 Å². The molecule has 0 aliphatic heterocycles. The van der Waals surface area contributed by atoms with Crippen molar-refractivity contribution in [3.05, 3.63) is 24.0 Å². The first-order valence-corrected chi connectivity index (χ1v) is 6.20. The zero-order chi connectivity index (χ0) is 13.4. The molecule has 0 saturated heterocycles. The Balaban J connectivity index is 2.20. The van der Waals surface area contributed by atoms with Crippen LogP contribution in [0.15, 0.2) is 18.5 Å². The van der Waals surface area contributed by atoms with Gasteiger partial charge in [0.15, 0.2) is 0 Å². The number of nitrogen functional groups attached to an aromatic ring is 1. The first-order valence-electron chi connectivity index (χ1n) is 6.20. The van der Waals surface area contributed by atoms with Crippen molar-refractivity contribution in [1.82, 2.24) is 10.3 Å². The molecule has 0 atom stereocenters. The highest BCUT2D eigenvalue weighted by Crippen LogP contribution is 2.07. The first kappa shape index (κ1) is 14.4. The maximum Gasteiger partial charge on any atom is 0.253 e. The monoisotopic (exact) mass is 251 g/mol. The smallest absolute Gasteiger partial charge is 0.253 e. The van der Waals surface area contributed by atoms with E-state index >= 15 is 0 Å². The van der Waals surface area contributed by atoms with Crippen molar-refractivity contribution >= 4 is 11.6 Å². The Morgan fingerprint density at radius 1 is 1.50 bits per heavy atom. The lowest BCUT2D eigenvalue weighted by molar-refractivity contribution is 0.0754. The maximum atomic E-state index is 11.8. The van der Waals surface area contributed by atoms with Gasteiger partial charge in [0, 0.05) is 19.3 Å². The zero-order valence-electron chi connectivity index (χ0n) is 11.0. The van der Waals surface area contributed by atoms with E-state index in [-0.39, 0.29) is 12.0 Å². The van der Waals surface area contributed by atoms with E-state index in [9.17, 15) is 4.79 Å². The molecule has 0 bridgehead atoms. The summed E-state index contributed by atoms with van der Waals surface area (Å²) in [6.07, 6.45) is 5.12. The van der Waals surface area contributed by atoms with E-state index in [1.54, 1.807) is 12.3 Å². The summed E-state index contributed by atoms with van der Waals surface area (Å²) in [7, 11) is 0. The molecule has 0 radical (unpaired) electrons. The number of carbonyl (C=O) groups excluding carboxylic acids is 1. The van der Waals surface area contributed by atoms with Crippen LogP contribution in [0.5, 0.6) is 0 Å². The Morgan fingerprint density at radius 2 is 2.28 bits per heavy atom. The Labute approximate surface area is 108 Å². The molecule has 0 saturated carbocycles. The molecule has 1 heterocycles. The molecule has 0 aromatic carbocycles. The molecule has 0 fully saturated rings. The molecule has 18 heavy (non-hydrogen) atoms. The van der Waals surface area contributed by atoms with Gasteiger partial charge < -0.3 is 15.8 Å². The molecule has 5 heteroatoms. The number of nitrogens with one attached hydrogen (secondary N) is 1. The number of amides is 1. The van der Waals surface area contributed by atoms with Crippen molar-refractivity contribution in [2.45, 2.75) is 32.8 Å². The summed E-state index contributed by atoms with van der Waals surface area (Å²) >= 11 is 0. The number of hydrogen-bond donors (Lipinski definition) is 2. The number of nitrogens with zero attached hydrogens (tertiary/aromatic N) is 1. The number of pyridine rings is 1. The van der Waals surface area contributed by atoms with Gasteiger partial charge in [0.2, 0.25) is 0 Å². The van der Waals surface area contributed by atoms with Gasteiger partial charge in [-0.15, -0.1) is 0 Å². The second kappa shape index (κ2) is 7.66. The second-order valence-corrected chi connectivity index (χ2v) is 4.35. The molecule has 0 spiro atoms. The van der Waals surface area contributed by atoms with E-state index in [1.807, 2.05) is 13.8 Å². The molecule has 1 amide bonds. The normalized spacial score (nSPS) is 10.6. The summed E-state index contributed by atoms with van der Waals surface area (Å²) in [6, 6.07) is 1.62. The average molecular weight is 251 g/mol. The number of unbranched alkanes of at least 4 members (excludes halogenated alkanes) is 1. The summed E-state index contributed by atoms with van der Waals surface area (Å²) in [5.74, 6) is -0.153. The van der Waals surface area contributed by atoms with Gasteiger partial charge in [-0.25, -0.2) is 0 Å². The summed E-state index contributed by atoms with van der Waals surface area (Å²) in [4.78, 5) is 15.6. The maximum absolute atomic E-state index is 11.8. The van der Waals surface area contributed by atoms with Gasteiger partial charge in [0.1, 0.15) is 0 Å². The van der Waals surface area contributed by atoms with Crippen LogP contribution in [0.1, 0.15) is 37.0 Å². The highest BCUT2D eigenvalue weighted by molar-refractivity contribution is 5.98. The Bertz CT molecular complexity index is 380. The van der Waals surface area contributed by atoms with E-state index < -0.39 is 0 Å². The molecule has 3 N–H and O–H groups in total. The van der Waals surface area contributed by atoms with Crippen LogP contribution in [0.2, 0.25) is 0 Å². The molecular formula is C13H21N3O2. The molecule has 1 rings (SSSR count). The molecule has 1 aromatic heterocycles. The number of hydrogen-bond acceptors (Lipinski definition) is 4. The minimum absolute atomic E-state index is 0.153. The van der Waals surface area contributed by atoms with Gasteiger partial charge in [-0.3, -0.25) is 9.78 Å². The minimum atomic E-state index is -0.153. The first-order chi connectivity index (χ1) is 8.61. The van der Waals surface area contributed by atoms with Crippen molar-refractivity contribution in [3.63, 3.8) is 0 Å². The number of anilines is 1. The van der Waals surface area contributed by atoms with Crippen molar-refractivity contribution < 1.29 is 9.53 Å². The number of carbonyl (C=O) groups is 1. The van der Waals surface area contributed by atoms with E-state index in [0.717, 1.165) is 19.4 Å². The van der Waals surface area contributed by atoms with E-state index in [4.69, 9.17) is 10.5 Å². The van der Waals surface area contributed by atoms with Crippen molar-refractivity contribution in [2.24, 2.45) is 0 Å². The minimum Gasteiger partial charge on any atom is -0.397 e. The van der Waals surface area contributed by atoms with Gasteiger partial charge >= 0.3 is 0 Å². The SMILES string of the molecule is CC(C)OCCCCNC(=O)c1ccncc1N. The molecule has 0 aliphatic carbocycles. The fourth-order valence-electron chi connectivity index (χ4n) is 1.46. The van der Waals surface area contributed by atoms with Gasteiger partial charge in [-0.05, 0) is 32.8 Å². The van der Waals surface area contributed by atoms with Crippen LogP contribution in [0, 0.1) is 0 Å². The van der Waals surface area contributed by atoms with Crippen LogP contribution in [0.4, 0.5) is 5.69 Å².